The van der Waals surface area contributed by atoms with Crippen LogP contribution in [0.5, 0.6) is 0 Å². The van der Waals surface area contributed by atoms with Crippen molar-refractivity contribution in [3.05, 3.63) is 64.0 Å². The third-order valence-electron chi connectivity index (χ3n) is 2.60. The van der Waals surface area contributed by atoms with E-state index < -0.39 is 11.6 Å². The highest BCUT2D eigenvalue weighted by atomic mass is 79.9. The second kappa shape index (κ2) is 5.93. The van der Waals surface area contributed by atoms with E-state index in [2.05, 4.69) is 27.7 Å². The minimum Gasteiger partial charge on any atom is -0.356 e. The van der Waals surface area contributed by atoms with Crippen LogP contribution in [0.2, 0.25) is 0 Å². The van der Waals surface area contributed by atoms with Crippen molar-refractivity contribution in [3.63, 3.8) is 0 Å². The summed E-state index contributed by atoms with van der Waals surface area (Å²) in [7, 11) is 0. The summed E-state index contributed by atoms with van der Waals surface area (Å²) in [5, 5.41) is 3.92. The minimum absolute atomic E-state index is 0.345. The maximum absolute atomic E-state index is 13.1. The van der Waals surface area contributed by atoms with Crippen LogP contribution in [0.1, 0.15) is 22.6 Å². The first kappa shape index (κ1) is 13.7. The van der Waals surface area contributed by atoms with Crippen molar-refractivity contribution in [2.24, 2.45) is 0 Å². The van der Waals surface area contributed by atoms with Gasteiger partial charge >= 0.3 is 0 Å². The van der Waals surface area contributed by atoms with Crippen molar-refractivity contribution in [2.75, 3.05) is 0 Å². The molecule has 0 atom stereocenters. The Morgan fingerprint density at radius 1 is 1.32 bits per heavy atom. The Labute approximate surface area is 117 Å². The molecule has 1 aromatic heterocycles. The van der Waals surface area contributed by atoms with Crippen molar-refractivity contribution in [2.45, 2.75) is 6.42 Å². The number of aromatic nitrogens is 1. The van der Waals surface area contributed by atoms with E-state index in [9.17, 15) is 8.78 Å². The van der Waals surface area contributed by atoms with Gasteiger partial charge in [0.2, 0.25) is 0 Å². The Morgan fingerprint density at radius 3 is 2.74 bits per heavy atom. The highest BCUT2D eigenvalue weighted by Gasteiger charge is 2.12. The first-order chi connectivity index (χ1) is 9.15. The number of rotatable bonds is 4. The summed E-state index contributed by atoms with van der Waals surface area (Å²) in [6, 6.07) is 3.76. The molecule has 0 fully saturated rings. The molecule has 0 aliphatic carbocycles. The van der Waals surface area contributed by atoms with Crippen molar-refractivity contribution < 1.29 is 13.3 Å². The van der Waals surface area contributed by atoms with Crippen LogP contribution in [-0.2, 0) is 6.42 Å². The second-order valence-electron chi connectivity index (χ2n) is 3.83. The molecule has 1 heterocycles. The van der Waals surface area contributed by atoms with Crippen LogP contribution in [0, 0.1) is 11.6 Å². The van der Waals surface area contributed by atoms with Gasteiger partial charge in [0.25, 0.3) is 0 Å². The summed E-state index contributed by atoms with van der Waals surface area (Å²) in [6.45, 7) is 3.70. The molecule has 0 unspecified atom stereocenters. The van der Waals surface area contributed by atoms with Gasteiger partial charge in [0.05, 0.1) is 5.69 Å². The van der Waals surface area contributed by atoms with E-state index in [0.29, 0.717) is 23.4 Å². The Hall–Kier alpha value is -1.75. The third kappa shape index (κ3) is 2.98. The largest absolute Gasteiger partial charge is 0.356 e. The number of benzene rings is 1. The lowest BCUT2D eigenvalue weighted by Crippen LogP contribution is -1.93. The minimum atomic E-state index is -0.873. The van der Waals surface area contributed by atoms with E-state index >= 15 is 0 Å². The van der Waals surface area contributed by atoms with Gasteiger partial charge in [0.15, 0.2) is 17.4 Å². The quantitative estimate of drug-likeness (QED) is 0.824. The molecule has 2 nitrogen and oxygen atoms in total. The Kier molecular flexibility index (Phi) is 4.27. The average molecular weight is 326 g/mol. The summed E-state index contributed by atoms with van der Waals surface area (Å²) in [4.78, 5) is 1.64. The maximum Gasteiger partial charge on any atom is 0.167 e. The smallest absolute Gasteiger partial charge is 0.167 e. The van der Waals surface area contributed by atoms with E-state index in [0.717, 1.165) is 17.7 Å². The normalized spacial score (nSPS) is 11.1. The maximum atomic E-state index is 13.1. The molecule has 19 heavy (non-hydrogen) atoms. The fraction of sp³-hybridized carbons (Fsp3) is 0.0714. The molecular formula is C14H10BrF2NO. The van der Waals surface area contributed by atoms with Crippen LogP contribution in [0.25, 0.3) is 12.2 Å². The highest BCUT2D eigenvalue weighted by Crippen LogP contribution is 2.21. The molecule has 5 heteroatoms. The van der Waals surface area contributed by atoms with Gasteiger partial charge in [-0.2, -0.15) is 0 Å². The van der Waals surface area contributed by atoms with Gasteiger partial charge in [-0.1, -0.05) is 39.8 Å². The lowest BCUT2D eigenvalue weighted by atomic mass is 10.1. The Bertz CT molecular complexity index is 634. The fourth-order valence-electron chi connectivity index (χ4n) is 1.71. The number of hydrogen-bond acceptors (Lipinski definition) is 2. The summed E-state index contributed by atoms with van der Waals surface area (Å²) in [5.41, 5.74) is 1.98. The lowest BCUT2D eigenvalue weighted by Gasteiger charge is -2.00. The number of nitrogens with zero attached hydrogens (tertiary/aromatic N) is 1. The van der Waals surface area contributed by atoms with Crippen molar-refractivity contribution in [3.8, 4) is 0 Å². The predicted molar refractivity (Wildman–Crippen MR) is 73.7 cm³/mol. The lowest BCUT2D eigenvalue weighted by molar-refractivity contribution is 0.406. The number of halogens is 3. The van der Waals surface area contributed by atoms with E-state index in [4.69, 9.17) is 4.52 Å². The van der Waals surface area contributed by atoms with Gasteiger partial charge in [-0.25, -0.2) is 8.78 Å². The third-order valence-corrected chi connectivity index (χ3v) is 2.87. The zero-order chi connectivity index (χ0) is 13.8. The zero-order valence-corrected chi connectivity index (χ0v) is 11.5. The van der Waals surface area contributed by atoms with Crippen LogP contribution in [0.3, 0.4) is 0 Å². The van der Waals surface area contributed by atoms with E-state index in [1.165, 1.54) is 6.07 Å². The van der Waals surface area contributed by atoms with Crippen LogP contribution in [0.15, 0.2) is 34.3 Å². The molecule has 2 aromatic rings. The molecule has 2 rings (SSSR count). The molecular weight excluding hydrogens is 316 g/mol. The molecule has 1 aromatic carbocycles. The molecule has 0 amide bonds. The molecule has 0 saturated carbocycles. The average Bonchev–Trinajstić information content (AvgIpc) is 2.76. The van der Waals surface area contributed by atoms with Crippen LogP contribution in [-0.4, -0.2) is 5.16 Å². The van der Waals surface area contributed by atoms with Gasteiger partial charge in [0, 0.05) is 12.0 Å². The fourth-order valence-corrected chi connectivity index (χ4v) is 1.95. The molecule has 0 aliphatic rings. The summed E-state index contributed by atoms with van der Waals surface area (Å²) in [6.07, 6.45) is 3.66. The van der Waals surface area contributed by atoms with Gasteiger partial charge in [-0.05, 0) is 28.8 Å². The summed E-state index contributed by atoms with van der Waals surface area (Å²) in [5.74, 6) is -1.18. The van der Waals surface area contributed by atoms with Crippen molar-refractivity contribution >= 4 is 28.1 Å². The number of hydrogen-bond donors (Lipinski definition) is 0. The second-order valence-corrected chi connectivity index (χ2v) is 4.36. The molecule has 0 spiro atoms. The van der Waals surface area contributed by atoms with Crippen LogP contribution >= 0.6 is 15.9 Å². The first-order valence-electron chi connectivity index (χ1n) is 5.47. The Morgan fingerprint density at radius 2 is 2.11 bits per heavy atom. The van der Waals surface area contributed by atoms with E-state index in [1.807, 2.05) is 0 Å². The van der Waals surface area contributed by atoms with Crippen LogP contribution < -0.4 is 0 Å². The van der Waals surface area contributed by atoms with Gasteiger partial charge < -0.3 is 4.52 Å². The molecule has 0 radical (unpaired) electrons. The first-order valence-corrected chi connectivity index (χ1v) is 6.39. The highest BCUT2D eigenvalue weighted by molar-refractivity contribution is 9.11. The van der Waals surface area contributed by atoms with E-state index in [1.54, 1.807) is 17.1 Å². The molecule has 0 aliphatic heterocycles. The van der Waals surface area contributed by atoms with Gasteiger partial charge in [-0.15, -0.1) is 0 Å². The molecule has 0 N–H and O–H groups in total. The van der Waals surface area contributed by atoms with Crippen molar-refractivity contribution in [1.29, 1.82) is 0 Å². The zero-order valence-electron chi connectivity index (χ0n) is 9.87. The standard InChI is InChI=1S/C14H10BrF2NO/c1-2-10-13(18-19-14(10)5-6-15)8-9-3-4-11(16)12(17)7-9/h2-7H,1,8H2/b6-5+. The SMILES string of the molecule is C=Cc1c(Cc2ccc(F)c(F)c2)noc1/C=C/Br. The molecule has 0 saturated heterocycles. The van der Waals surface area contributed by atoms with Gasteiger partial charge in [-0.3, -0.25) is 0 Å². The van der Waals surface area contributed by atoms with Gasteiger partial charge in [0.1, 0.15) is 0 Å². The molecule has 0 bridgehead atoms. The molecule has 98 valence electrons. The summed E-state index contributed by atoms with van der Waals surface area (Å²) < 4.78 is 31.1. The summed E-state index contributed by atoms with van der Waals surface area (Å²) >= 11 is 3.15. The Balaban J connectivity index is 2.32. The van der Waals surface area contributed by atoms with Crippen molar-refractivity contribution in [1.82, 2.24) is 5.16 Å². The van der Waals surface area contributed by atoms with Crippen LogP contribution in [0.4, 0.5) is 8.78 Å². The van der Waals surface area contributed by atoms with E-state index in [-0.39, 0.29) is 0 Å². The topological polar surface area (TPSA) is 26.0 Å². The monoisotopic (exact) mass is 325 g/mol. The predicted octanol–water partition coefficient (Wildman–Crippen LogP) is 4.55.